The van der Waals surface area contributed by atoms with E-state index in [9.17, 15) is 9.90 Å². The number of nitrogens with one attached hydrogen (secondary N) is 2. The Hall–Kier alpha value is -2.25. The molecule has 1 fully saturated rings. The molecule has 21 heavy (non-hydrogen) atoms. The summed E-state index contributed by atoms with van der Waals surface area (Å²) in [5, 5.41) is 19.8. The van der Waals surface area contributed by atoms with Crippen LogP contribution in [0.25, 0.3) is 5.69 Å². The molecule has 0 radical (unpaired) electrons. The van der Waals surface area contributed by atoms with E-state index in [0.29, 0.717) is 18.7 Å². The van der Waals surface area contributed by atoms with E-state index < -0.39 is 6.10 Å². The molecule has 2 atom stereocenters. The van der Waals surface area contributed by atoms with Crippen molar-refractivity contribution in [3.63, 3.8) is 0 Å². The Bertz CT molecular complexity index is 613. The predicted molar refractivity (Wildman–Crippen MR) is 76.1 cm³/mol. The van der Waals surface area contributed by atoms with Gasteiger partial charge in [0.1, 0.15) is 0 Å². The molecule has 2 aromatic rings. The summed E-state index contributed by atoms with van der Waals surface area (Å²) in [6.45, 7) is 1.75. The van der Waals surface area contributed by atoms with Gasteiger partial charge in [0.05, 0.1) is 29.7 Å². The lowest BCUT2D eigenvalue weighted by molar-refractivity contribution is 0.0927. The van der Waals surface area contributed by atoms with Gasteiger partial charge in [-0.3, -0.25) is 9.78 Å². The second kappa shape index (κ2) is 6.02. The Morgan fingerprint density at radius 1 is 1.48 bits per heavy atom. The molecule has 0 aliphatic carbocycles. The van der Waals surface area contributed by atoms with Crippen LogP contribution >= 0.6 is 0 Å². The van der Waals surface area contributed by atoms with Crippen LogP contribution in [0.3, 0.4) is 0 Å². The molecule has 0 bridgehead atoms. The van der Waals surface area contributed by atoms with Crippen LogP contribution in [-0.4, -0.2) is 51.5 Å². The van der Waals surface area contributed by atoms with Crippen molar-refractivity contribution in [2.75, 3.05) is 19.6 Å². The number of aliphatic hydroxyl groups excluding tert-OH is 1. The third-order valence-electron chi connectivity index (χ3n) is 3.58. The Morgan fingerprint density at radius 3 is 3.10 bits per heavy atom. The summed E-state index contributed by atoms with van der Waals surface area (Å²) in [5.41, 5.74) is 1.28. The first kappa shape index (κ1) is 13.7. The molecule has 0 saturated carbocycles. The van der Waals surface area contributed by atoms with E-state index in [2.05, 4.69) is 20.7 Å². The lowest BCUT2D eigenvalue weighted by atomic mass is 10.1. The minimum atomic E-state index is -0.400. The van der Waals surface area contributed by atoms with Gasteiger partial charge in [-0.25, -0.2) is 4.68 Å². The third-order valence-corrected chi connectivity index (χ3v) is 3.58. The number of carbonyl (C=O) groups excluding carboxylic acids is 1. The average molecular weight is 287 g/mol. The molecule has 3 heterocycles. The van der Waals surface area contributed by atoms with Crippen molar-refractivity contribution in [1.29, 1.82) is 0 Å². The van der Waals surface area contributed by atoms with E-state index >= 15 is 0 Å². The van der Waals surface area contributed by atoms with E-state index in [-0.39, 0.29) is 11.8 Å². The SMILES string of the molecule is O=C(NCC1CNCC1O)c1cnn(-c2cccnc2)c1. The number of hydrogen-bond donors (Lipinski definition) is 3. The van der Waals surface area contributed by atoms with E-state index in [1.807, 2.05) is 12.1 Å². The molecule has 3 rings (SSSR count). The molecule has 2 unspecified atom stereocenters. The van der Waals surface area contributed by atoms with Crippen molar-refractivity contribution in [2.45, 2.75) is 6.10 Å². The largest absolute Gasteiger partial charge is 0.391 e. The van der Waals surface area contributed by atoms with Crippen molar-refractivity contribution in [2.24, 2.45) is 5.92 Å². The fourth-order valence-corrected chi connectivity index (χ4v) is 2.32. The van der Waals surface area contributed by atoms with Gasteiger partial charge >= 0.3 is 0 Å². The van der Waals surface area contributed by atoms with Gasteiger partial charge < -0.3 is 15.7 Å². The predicted octanol–water partition coefficient (Wildman–Crippen LogP) is -0.423. The number of rotatable bonds is 4. The van der Waals surface area contributed by atoms with Crippen molar-refractivity contribution >= 4 is 5.91 Å². The van der Waals surface area contributed by atoms with Crippen molar-refractivity contribution in [3.05, 3.63) is 42.5 Å². The Morgan fingerprint density at radius 2 is 2.38 bits per heavy atom. The van der Waals surface area contributed by atoms with Crippen molar-refractivity contribution in [3.8, 4) is 5.69 Å². The summed E-state index contributed by atoms with van der Waals surface area (Å²) in [7, 11) is 0. The molecular weight excluding hydrogens is 270 g/mol. The zero-order valence-corrected chi connectivity index (χ0v) is 11.4. The molecule has 7 heteroatoms. The highest BCUT2D eigenvalue weighted by Crippen LogP contribution is 2.09. The topological polar surface area (TPSA) is 92.1 Å². The van der Waals surface area contributed by atoms with Crippen LogP contribution in [0.1, 0.15) is 10.4 Å². The maximum Gasteiger partial charge on any atom is 0.254 e. The fourth-order valence-electron chi connectivity index (χ4n) is 2.32. The van der Waals surface area contributed by atoms with E-state index in [1.165, 1.54) is 6.20 Å². The van der Waals surface area contributed by atoms with Gasteiger partial charge in [-0.2, -0.15) is 5.10 Å². The summed E-state index contributed by atoms with van der Waals surface area (Å²) >= 11 is 0. The Labute approximate surface area is 122 Å². The second-order valence-electron chi connectivity index (χ2n) is 5.08. The summed E-state index contributed by atoms with van der Waals surface area (Å²) in [6, 6.07) is 3.67. The molecule has 2 aromatic heterocycles. The normalized spacial score (nSPS) is 21.4. The third kappa shape index (κ3) is 3.09. The smallest absolute Gasteiger partial charge is 0.254 e. The molecule has 1 aliphatic heterocycles. The lowest BCUT2D eigenvalue weighted by Crippen LogP contribution is -2.34. The van der Waals surface area contributed by atoms with Crippen LogP contribution in [-0.2, 0) is 0 Å². The van der Waals surface area contributed by atoms with Gasteiger partial charge in [0.15, 0.2) is 0 Å². The molecule has 0 aromatic carbocycles. The monoisotopic (exact) mass is 287 g/mol. The molecule has 1 aliphatic rings. The van der Waals surface area contributed by atoms with Gasteiger partial charge in [-0.15, -0.1) is 0 Å². The summed E-state index contributed by atoms with van der Waals surface area (Å²) in [5.74, 6) is -0.133. The van der Waals surface area contributed by atoms with Crippen LogP contribution in [0.4, 0.5) is 0 Å². The zero-order chi connectivity index (χ0) is 14.7. The van der Waals surface area contributed by atoms with Gasteiger partial charge in [0.2, 0.25) is 0 Å². The van der Waals surface area contributed by atoms with Crippen molar-refractivity contribution < 1.29 is 9.90 Å². The van der Waals surface area contributed by atoms with Crippen LogP contribution in [0.5, 0.6) is 0 Å². The number of aliphatic hydroxyl groups is 1. The molecule has 3 N–H and O–H groups in total. The molecular formula is C14H17N5O2. The van der Waals surface area contributed by atoms with Gasteiger partial charge in [0.25, 0.3) is 5.91 Å². The van der Waals surface area contributed by atoms with Crippen LogP contribution in [0, 0.1) is 5.92 Å². The quantitative estimate of drug-likeness (QED) is 0.710. The molecule has 0 spiro atoms. The lowest BCUT2D eigenvalue weighted by Gasteiger charge is -2.13. The molecule has 1 amide bonds. The Balaban J connectivity index is 1.62. The van der Waals surface area contributed by atoms with Gasteiger partial charge in [-0.05, 0) is 12.1 Å². The minimum Gasteiger partial charge on any atom is -0.391 e. The van der Waals surface area contributed by atoms with Crippen LogP contribution in [0.15, 0.2) is 36.9 Å². The van der Waals surface area contributed by atoms with Gasteiger partial charge in [-0.1, -0.05) is 0 Å². The summed E-state index contributed by atoms with van der Waals surface area (Å²) in [6.07, 6.45) is 6.14. The highest BCUT2D eigenvalue weighted by atomic mass is 16.3. The maximum atomic E-state index is 12.1. The summed E-state index contributed by atoms with van der Waals surface area (Å²) < 4.78 is 1.61. The number of hydrogen-bond acceptors (Lipinski definition) is 5. The van der Waals surface area contributed by atoms with E-state index in [1.54, 1.807) is 23.3 Å². The minimum absolute atomic E-state index is 0.0577. The number of β-amino-alcohol motifs (C(OH)–C–C–N with tert-alkyl or cyclic N) is 1. The number of nitrogens with zero attached hydrogens (tertiary/aromatic N) is 3. The maximum absolute atomic E-state index is 12.1. The first-order valence-electron chi connectivity index (χ1n) is 6.86. The summed E-state index contributed by atoms with van der Waals surface area (Å²) in [4.78, 5) is 16.1. The molecule has 7 nitrogen and oxygen atoms in total. The highest BCUT2D eigenvalue weighted by Gasteiger charge is 2.25. The Kier molecular flexibility index (Phi) is 3.94. The molecule has 1 saturated heterocycles. The number of pyridine rings is 1. The average Bonchev–Trinajstić information content (AvgIpc) is 3.15. The zero-order valence-electron chi connectivity index (χ0n) is 11.4. The second-order valence-corrected chi connectivity index (χ2v) is 5.08. The highest BCUT2D eigenvalue weighted by molar-refractivity contribution is 5.93. The van der Waals surface area contributed by atoms with Crippen LogP contribution < -0.4 is 10.6 Å². The van der Waals surface area contributed by atoms with E-state index in [0.717, 1.165) is 12.2 Å². The van der Waals surface area contributed by atoms with Gasteiger partial charge in [0, 0.05) is 37.9 Å². The number of amides is 1. The first-order chi connectivity index (χ1) is 10.2. The first-order valence-corrected chi connectivity index (χ1v) is 6.86. The fraction of sp³-hybridized carbons (Fsp3) is 0.357. The molecule has 110 valence electrons. The standard InChI is InChI=1S/C14H17N5O2/c20-13-8-16-4-10(13)5-17-14(21)11-6-18-19(9-11)12-2-1-3-15-7-12/h1-3,6-7,9-10,13,16,20H,4-5,8H2,(H,17,21). The number of carbonyl (C=O) groups is 1. The van der Waals surface area contributed by atoms with E-state index in [4.69, 9.17) is 0 Å². The van der Waals surface area contributed by atoms with Crippen molar-refractivity contribution in [1.82, 2.24) is 25.4 Å². The van der Waals surface area contributed by atoms with Crippen LogP contribution in [0.2, 0.25) is 0 Å². The number of aromatic nitrogens is 3.